The molecule has 4 nitrogen and oxygen atoms in total. The van der Waals surface area contributed by atoms with Crippen LogP contribution in [0.15, 0.2) is 35.5 Å². The average molecular weight is 264 g/mol. The lowest BCUT2D eigenvalue weighted by Gasteiger charge is -2.23. The summed E-state index contributed by atoms with van der Waals surface area (Å²) in [5.41, 5.74) is 2.17. The van der Waals surface area contributed by atoms with E-state index in [1.165, 1.54) is 0 Å². The predicted molar refractivity (Wildman–Crippen MR) is 71.3 cm³/mol. The van der Waals surface area contributed by atoms with Crippen LogP contribution in [0.25, 0.3) is 0 Å². The molecule has 2 N–H and O–H groups in total. The first kappa shape index (κ1) is 14.0. The van der Waals surface area contributed by atoms with E-state index in [2.05, 4.69) is 6.58 Å². The molecule has 0 aromatic carbocycles. The van der Waals surface area contributed by atoms with Gasteiger partial charge in [0.05, 0.1) is 18.1 Å². The molecule has 1 aliphatic carbocycles. The van der Waals surface area contributed by atoms with Crippen molar-refractivity contribution in [1.82, 2.24) is 0 Å². The molecule has 0 aromatic heterocycles. The minimum Gasteiger partial charge on any atom is -0.454 e. The predicted octanol–water partition coefficient (Wildman–Crippen LogP) is 1.49. The smallest absolute Gasteiger partial charge is 0.334 e. The van der Waals surface area contributed by atoms with Gasteiger partial charge in [-0.25, -0.2) is 4.79 Å². The number of hydrogen-bond donors (Lipinski definition) is 2. The second-order valence-corrected chi connectivity index (χ2v) is 5.49. The first-order valence-electron chi connectivity index (χ1n) is 6.49. The van der Waals surface area contributed by atoms with Gasteiger partial charge in [-0.3, -0.25) is 0 Å². The molecule has 1 saturated heterocycles. The maximum Gasteiger partial charge on any atom is 0.334 e. The number of aliphatic hydroxyl groups excluding tert-OH is 2. The van der Waals surface area contributed by atoms with Gasteiger partial charge in [0.25, 0.3) is 0 Å². The van der Waals surface area contributed by atoms with Gasteiger partial charge in [0.1, 0.15) is 6.10 Å². The summed E-state index contributed by atoms with van der Waals surface area (Å²) in [5.74, 6) is -0.847. The first-order valence-corrected chi connectivity index (χ1v) is 6.49. The standard InChI is InChI=1S/C15H20O4/c1-8-4-11(16)5-9(2)7-13-14(12(17)6-8)10(3)15(18)19-13/h4,7,11-14,16-17H,3,5-6H2,1-2H3/b8-4+,9-7+. The summed E-state index contributed by atoms with van der Waals surface area (Å²) in [6.07, 6.45) is 2.69. The Morgan fingerprint density at radius 2 is 1.84 bits per heavy atom. The zero-order valence-corrected chi connectivity index (χ0v) is 11.3. The Morgan fingerprint density at radius 3 is 2.53 bits per heavy atom. The van der Waals surface area contributed by atoms with Crippen molar-refractivity contribution < 1.29 is 19.7 Å². The van der Waals surface area contributed by atoms with E-state index in [1.54, 1.807) is 6.08 Å². The molecule has 1 heterocycles. The molecule has 1 fully saturated rings. The lowest BCUT2D eigenvalue weighted by atomic mass is 9.85. The zero-order valence-electron chi connectivity index (χ0n) is 11.3. The highest BCUT2D eigenvalue weighted by Crippen LogP contribution is 2.34. The van der Waals surface area contributed by atoms with Crippen molar-refractivity contribution in [2.45, 2.75) is 45.0 Å². The van der Waals surface area contributed by atoms with Crippen molar-refractivity contribution in [1.29, 1.82) is 0 Å². The van der Waals surface area contributed by atoms with E-state index in [0.29, 0.717) is 18.4 Å². The topological polar surface area (TPSA) is 66.8 Å². The van der Waals surface area contributed by atoms with E-state index >= 15 is 0 Å². The molecule has 0 spiro atoms. The Morgan fingerprint density at radius 1 is 1.21 bits per heavy atom. The third-order valence-electron chi connectivity index (χ3n) is 3.66. The number of carbonyl (C=O) groups is 1. The summed E-state index contributed by atoms with van der Waals surface area (Å²) < 4.78 is 5.24. The minimum absolute atomic E-state index is 0.329. The molecule has 4 unspecified atom stereocenters. The zero-order chi connectivity index (χ0) is 14.2. The van der Waals surface area contributed by atoms with Crippen LogP contribution in [-0.4, -0.2) is 34.5 Å². The van der Waals surface area contributed by atoms with E-state index < -0.39 is 30.2 Å². The molecule has 0 saturated carbocycles. The Hall–Kier alpha value is -1.39. The molecule has 19 heavy (non-hydrogen) atoms. The lowest BCUT2D eigenvalue weighted by Crippen LogP contribution is -2.29. The fraction of sp³-hybridized carbons (Fsp3) is 0.533. The lowest BCUT2D eigenvalue weighted by molar-refractivity contribution is -0.137. The number of ether oxygens (including phenoxy) is 1. The van der Waals surface area contributed by atoms with Gasteiger partial charge in [-0.1, -0.05) is 23.8 Å². The van der Waals surface area contributed by atoms with E-state index in [9.17, 15) is 15.0 Å². The third kappa shape index (κ3) is 2.96. The highest BCUT2D eigenvalue weighted by molar-refractivity contribution is 5.91. The van der Waals surface area contributed by atoms with Crippen molar-refractivity contribution in [3.63, 3.8) is 0 Å². The van der Waals surface area contributed by atoms with Gasteiger partial charge < -0.3 is 14.9 Å². The molecule has 0 radical (unpaired) electrons. The van der Waals surface area contributed by atoms with Gasteiger partial charge >= 0.3 is 5.97 Å². The average Bonchev–Trinajstić information content (AvgIpc) is 2.52. The molecule has 0 amide bonds. The molecule has 1 aliphatic heterocycles. The SMILES string of the molecule is C=C1C(=O)OC2/C=C(\C)CC(O)/C=C(\C)CC(O)C12. The highest BCUT2D eigenvalue weighted by Gasteiger charge is 2.42. The molecule has 2 rings (SSSR count). The number of esters is 1. The van der Waals surface area contributed by atoms with Crippen molar-refractivity contribution in [3.8, 4) is 0 Å². The summed E-state index contributed by atoms with van der Waals surface area (Å²) in [4.78, 5) is 11.6. The molecular formula is C15H20O4. The molecule has 2 aliphatic rings. The normalized spacial score (nSPS) is 41.7. The molecule has 4 heteroatoms. The second kappa shape index (κ2) is 5.31. The Bertz CT molecular complexity index is 461. The summed E-state index contributed by atoms with van der Waals surface area (Å²) >= 11 is 0. The maximum atomic E-state index is 11.6. The van der Waals surface area contributed by atoms with Crippen LogP contribution in [0.5, 0.6) is 0 Å². The van der Waals surface area contributed by atoms with Crippen LogP contribution in [0.3, 0.4) is 0 Å². The molecule has 4 atom stereocenters. The molecule has 104 valence electrons. The fourth-order valence-corrected chi connectivity index (χ4v) is 2.79. The fourth-order valence-electron chi connectivity index (χ4n) is 2.79. The van der Waals surface area contributed by atoms with Crippen LogP contribution >= 0.6 is 0 Å². The van der Waals surface area contributed by atoms with Gasteiger partial charge in [-0.05, 0) is 32.8 Å². The van der Waals surface area contributed by atoms with E-state index in [1.807, 2.05) is 19.9 Å². The van der Waals surface area contributed by atoms with E-state index in [0.717, 1.165) is 11.1 Å². The number of aliphatic hydroxyl groups is 2. The first-order chi connectivity index (χ1) is 8.88. The Balaban J connectivity index is 2.36. The van der Waals surface area contributed by atoms with Crippen molar-refractivity contribution in [2.24, 2.45) is 5.92 Å². The minimum atomic E-state index is -0.727. The van der Waals surface area contributed by atoms with Crippen molar-refractivity contribution in [3.05, 3.63) is 35.5 Å². The summed E-state index contributed by atoms with van der Waals surface area (Å²) in [6, 6.07) is 0. The van der Waals surface area contributed by atoms with Gasteiger partial charge in [-0.15, -0.1) is 0 Å². The van der Waals surface area contributed by atoms with Gasteiger partial charge in [0.15, 0.2) is 0 Å². The number of hydrogen-bond acceptors (Lipinski definition) is 4. The van der Waals surface area contributed by atoms with Crippen LogP contribution in [0.2, 0.25) is 0 Å². The Kier molecular flexibility index (Phi) is 3.92. The molecule has 0 bridgehead atoms. The maximum absolute atomic E-state index is 11.6. The van der Waals surface area contributed by atoms with E-state index in [-0.39, 0.29) is 0 Å². The third-order valence-corrected chi connectivity index (χ3v) is 3.66. The van der Waals surface area contributed by atoms with Crippen molar-refractivity contribution >= 4 is 5.97 Å². The molecule has 0 aromatic rings. The second-order valence-electron chi connectivity index (χ2n) is 5.49. The van der Waals surface area contributed by atoms with Crippen molar-refractivity contribution in [2.75, 3.05) is 0 Å². The molecular weight excluding hydrogens is 244 g/mol. The summed E-state index contributed by atoms with van der Waals surface area (Å²) in [6.45, 7) is 7.47. The van der Waals surface area contributed by atoms with Crippen LogP contribution in [0.1, 0.15) is 26.7 Å². The van der Waals surface area contributed by atoms with Crippen LogP contribution in [0.4, 0.5) is 0 Å². The van der Waals surface area contributed by atoms with Gasteiger partial charge in [0.2, 0.25) is 0 Å². The van der Waals surface area contributed by atoms with E-state index in [4.69, 9.17) is 4.74 Å². The van der Waals surface area contributed by atoms with Crippen LogP contribution in [-0.2, 0) is 9.53 Å². The number of rotatable bonds is 0. The van der Waals surface area contributed by atoms with Gasteiger partial charge in [0, 0.05) is 5.57 Å². The monoisotopic (exact) mass is 264 g/mol. The highest BCUT2D eigenvalue weighted by atomic mass is 16.6. The van der Waals surface area contributed by atoms with Crippen LogP contribution in [0, 0.1) is 5.92 Å². The largest absolute Gasteiger partial charge is 0.454 e. The van der Waals surface area contributed by atoms with Gasteiger partial charge in [-0.2, -0.15) is 0 Å². The summed E-state index contributed by atoms with van der Waals surface area (Å²) in [5, 5.41) is 20.2. The Labute approximate surface area is 113 Å². The quantitative estimate of drug-likeness (QED) is 0.395. The summed E-state index contributed by atoms with van der Waals surface area (Å²) in [7, 11) is 0. The number of carbonyl (C=O) groups excluding carboxylic acids is 1. The van der Waals surface area contributed by atoms with Crippen LogP contribution < -0.4 is 0 Å². The number of fused-ring (bicyclic) bond motifs is 1.